The minimum Gasteiger partial charge on any atom is -0.493 e. The third kappa shape index (κ3) is 3.64. The molecule has 0 spiro atoms. The summed E-state index contributed by atoms with van der Waals surface area (Å²) in [7, 11) is -3.42. The Morgan fingerprint density at radius 3 is 2.55 bits per heavy atom. The van der Waals surface area contributed by atoms with Gasteiger partial charge in [-0.3, -0.25) is 9.59 Å². The van der Waals surface area contributed by atoms with Gasteiger partial charge in [0.2, 0.25) is 5.75 Å². The molecule has 0 saturated heterocycles. The number of benzene rings is 2. The lowest BCUT2D eigenvalue weighted by Gasteiger charge is -2.38. The van der Waals surface area contributed by atoms with E-state index in [1.54, 1.807) is 25.1 Å². The maximum absolute atomic E-state index is 12.7. The number of methoxy groups -OCH3 is 2. The fourth-order valence-corrected chi connectivity index (χ4v) is 4.35. The van der Waals surface area contributed by atoms with Crippen molar-refractivity contribution in [1.82, 2.24) is 0 Å². The topological polar surface area (TPSA) is 71.1 Å². The van der Waals surface area contributed by atoms with Gasteiger partial charge in [-0.15, -0.1) is 0 Å². The molecule has 0 aliphatic heterocycles. The van der Waals surface area contributed by atoms with Crippen molar-refractivity contribution in [2.75, 3.05) is 27.3 Å². The Bertz CT molecular complexity index is 1110. The molecule has 164 valence electrons. The van der Waals surface area contributed by atoms with Crippen molar-refractivity contribution in [2.45, 2.75) is 39.0 Å². The second-order valence-corrected chi connectivity index (χ2v) is 7.90. The van der Waals surface area contributed by atoms with Crippen LogP contribution in [0.1, 0.15) is 54.0 Å². The summed E-state index contributed by atoms with van der Waals surface area (Å²) in [5, 5.41) is 0. The van der Waals surface area contributed by atoms with Gasteiger partial charge < -0.3 is 18.9 Å². The van der Waals surface area contributed by atoms with Crippen LogP contribution in [0.25, 0.3) is 11.1 Å². The van der Waals surface area contributed by atoms with Crippen LogP contribution in [0, 0.1) is 5.41 Å². The number of carbonyl (C=O) groups is 2. The molecule has 2 aliphatic carbocycles. The molecule has 0 atom stereocenters. The molecular weight excluding hydrogens is 396 g/mol. The summed E-state index contributed by atoms with van der Waals surface area (Å²) in [6.45, 7) is 1.98. The summed E-state index contributed by atoms with van der Waals surface area (Å²) >= 11 is 0. The zero-order valence-electron chi connectivity index (χ0n) is 21.4. The number of hydrogen-bond acceptors (Lipinski definition) is 6. The van der Waals surface area contributed by atoms with Crippen LogP contribution >= 0.6 is 0 Å². The first-order valence-corrected chi connectivity index (χ1v) is 10.4. The van der Waals surface area contributed by atoms with Gasteiger partial charge in [0.1, 0.15) is 12.0 Å². The first-order valence-electron chi connectivity index (χ1n) is 12.7. The van der Waals surface area contributed by atoms with Gasteiger partial charge in [-0.25, -0.2) is 0 Å². The highest BCUT2D eigenvalue weighted by Gasteiger charge is 2.47. The third-order valence-corrected chi connectivity index (χ3v) is 6.20. The van der Waals surface area contributed by atoms with E-state index in [4.69, 9.17) is 24.4 Å². The molecular formula is C25H28O6. The minimum atomic E-state index is -1.74. The Labute approximate surface area is 188 Å². The molecule has 0 amide bonds. The van der Waals surface area contributed by atoms with E-state index in [2.05, 4.69) is 0 Å². The molecule has 2 aromatic rings. The summed E-state index contributed by atoms with van der Waals surface area (Å²) in [6.07, 6.45) is 3.02. The number of fused-ring (bicyclic) bond motifs is 1. The normalized spacial score (nSPS) is 18.4. The lowest BCUT2D eigenvalue weighted by atomic mass is 9.69. The van der Waals surface area contributed by atoms with Crippen molar-refractivity contribution in [1.29, 1.82) is 0 Å². The monoisotopic (exact) mass is 428 g/mol. The van der Waals surface area contributed by atoms with Gasteiger partial charge in [0.05, 0.1) is 26.2 Å². The van der Waals surface area contributed by atoms with E-state index in [9.17, 15) is 9.59 Å². The molecule has 0 heterocycles. The molecule has 2 aliphatic rings. The predicted octanol–water partition coefficient (Wildman–Crippen LogP) is 4.61. The average Bonchev–Trinajstić information content (AvgIpc) is 3.15. The number of Topliss-reactive ketones (excluding diaryl/α,β-unsaturated/α-hetero) is 1. The van der Waals surface area contributed by atoms with Gasteiger partial charge >= 0.3 is 5.97 Å². The molecule has 0 radical (unpaired) electrons. The molecule has 31 heavy (non-hydrogen) atoms. The van der Waals surface area contributed by atoms with Crippen LogP contribution in [0.2, 0.25) is 0 Å². The molecule has 0 bridgehead atoms. The van der Waals surface area contributed by atoms with Crippen LogP contribution in [0.15, 0.2) is 30.3 Å². The molecule has 1 saturated carbocycles. The predicted molar refractivity (Wildman–Crippen MR) is 116 cm³/mol. The first kappa shape index (κ1) is 16.6. The van der Waals surface area contributed by atoms with Crippen molar-refractivity contribution < 1.29 is 34.0 Å². The lowest BCUT2D eigenvalue weighted by molar-refractivity contribution is -0.163. The highest BCUT2D eigenvalue weighted by molar-refractivity contribution is 6.02. The van der Waals surface area contributed by atoms with Crippen molar-refractivity contribution in [3.05, 3.63) is 41.5 Å². The Balaban J connectivity index is 1.82. The van der Waals surface area contributed by atoms with Crippen LogP contribution < -0.4 is 14.2 Å². The maximum Gasteiger partial charge on any atom is 0.315 e. The van der Waals surface area contributed by atoms with Crippen LogP contribution in [-0.4, -0.2) is 39.1 Å². The van der Waals surface area contributed by atoms with Crippen LogP contribution in [0.4, 0.5) is 0 Å². The number of rotatable bonds is 8. The SMILES string of the molecule is [2H]C([2H])Oc1ccc(-c2cccc3c2CCC3=O)c(OCC2(C(=O)OCC)CCC2)c1OC([2H])[2H]. The highest BCUT2D eigenvalue weighted by Crippen LogP contribution is 2.49. The van der Waals surface area contributed by atoms with Crippen molar-refractivity contribution in [2.24, 2.45) is 5.41 Å². The van der Waals surface area contributed by atoms with E-state index in [1.807, 2.05) is 6.07 Å². The Hall–Kier alpha value is -3.02. The lowest BCUT2D eigenvalue weighted by Crippen LogP contribution is -2.44. The molecule has 6 nitrogen and oxygen atoms in total. The second kappa shape index (κ2) is 8.61. The molecule has 4 rings (SSSR count). The van der Waals surface area contributed by atoms with Gasteiger partial charge in [-0.1, -0.05) is 24.6 Å². The molecule has 2 aromatic carbocycles. The number of ether oxygens (including phenoxy) is 4. The van der Waals surface area contributed by atoms with Crippen molar-refractivity contribution in [3.8, 4) is 28.4 Å². The van der Waals surface area contributed by atoms with Crippen LogP contribution in [-0.2, 0) is 16.0 Å². The first-order chi connectivity index (χ1) is 16.8. The molecule has 0 unspecified atom stereocenters. The second-order valence-electron chi connectivity index (χ2n) is 7.90. The number of hydrogen-bond donors (Lipinski definition) is 0. The van der Waals surface area contributed by atoms with Crippen molar-refractivity contribution >= 4 is 11.8 Å². The van der Waals surface area contributed by atoms with E-state index in [0.29, 0.717) is 36.8 Å². The zero-order chi connectivity index (χ0) is 25.2. The molecule has 0 N–H and O–H groups in total. The molecule has 0 aromatic heterocycles. The highest BCUT2D eigenvalue weighted by atomic mass is 16.5. The van der Waals surface area contributed by atoms with Gasteiger partial charge in [0, 0.05) is 17.5 Å². The summed E-state index contributed by atoms with van der Waals surface area (Å²) in [5.41, 5.74) is 1.96. The quantitative estimate of drug-likeness (QED) is 0.572. The Kier molecular flexibility index (Phi) is 4.63. The smallest absolute Gasteiger partial charge is 0.315 e. The third-order valence-electron chi connectivity index (χ3n) is 6.20. The van der Waals surface area contributed by atoms with Crippen molar-refractivity contribution in [3.63, 3.8) is 0 Å². The summed E-state index contributed by atoms with van der Waals surface area (Å²) in [5.74, 6) is -0.269. The van der Waals surface area contributed by atoms with E-state index in [-0.39, 0.29) is 42.2 Å². The van der Waals surface area contributed by atoms with E-state index in [0.717, 1.165) is 17.5 Å². The zero-order valence-corrected chi connectivity index (χ0v) is 17.4. The van der Waals surface area contributed by atoms with E-state index >= 15 is 0 Å². The van der Waals surface area contributed by atoms with E-state index in [1.165, 1.54) is 6.07 Å². The van der Waals surface area contributed by atoms with E-state index < -0.39 is 19.5 Å². The van der Waals surface area contributed by atoms with Gasteiger partial charge in [-0.05, 0) is 49.4 Å². The fourth-order valence-electron chi connectivity index (χ4n) is 4.35. The summed E-state index contributed by atoms with van der Waals surface area (Å²) < 4.78 is 52.5. The number of esters is 1. The number of ketones is 1. The summed E-state index contributed by atoms with van der Waals surface area (Å²) in [4.78, 5) is 25.0. The van der Waals surface area contributed by atoms with Gasteiger partial charge in [-0.2, -0.15) is 0 Å². The fraction of sp³-hybridized carbons (Fsp3) is 0.440. The maximum atomic E-state index is 12.7. The standard InChI is InChI=1S/C25H28O6/c1-4-30-24(27)25(13-6-14-25)15-31-22-19(10-12-21(28-2)23(22)29-3)16-7-5-8-18-17(16)9-11-20(18)26/h5,7-8,10,12H,4,6,9,11,13-15H2,1-3H3/i2D2,3D2. The Morgan fingerprint density at radius 2 is 1.84 bits per heavy atom. The van der Waals surface area contributed by atoms with Gasteiger partial charge in [0.15, 0.2) is 17.3 Å². The van der Waals surface area contributed by atoms with Crippen LogP contribution in [0.3, 0.4) is 0 Å². The Morgan fingerprint density at radius 1 is 1.03 bits per heavy atom. The molecule has 6 heteroatoms. The van der Waals surface area contributed by atoms with Gasteiger partial charge in [0.25, 0.3) is 0 Å². The van der Waals surface area contributed by atoms with Crippen LogP contribution in [0.5, 0.6) is 17.2 Å². The number of carbonyl (C=O) groups excluding carboxylic acids is 2. The summed E-state index contributed by atoms with van der Waals surface area (Å²) in [6, 6.07) is 8.59. The average molecular weight is 429 g/mol. The largest absolute Gasteiger partial charge is 0.493 e. The minimum absolute atomic E-state index is 0.0154. The molecule has 1 fully saturated rings.